The summed E-state index contributed by atoms with van der Waals surface area (Å²) in [5.74, 6) is -0.550. The summed E-state index contributed by atoms with van der Waals surface area (Å²) in [5, 5.41) is 19.0. The molecule has 0 radical (unpaired) electrons. The summed E-state index contributed by atoms with van der Waals surface area (Å²) in [5.41, 5.74) is 6.16. The Morgan fingerprint density at radius 1 is 1.07 bits per heavy atom. The maximum Gasteiger partial charge on any atom is 0.267 e. The van der Waals surface area contributed by atoms with E-state index in [0.717, 1.165) is 50.0 Å². The molecule has 0 aliphatic heterocycles. The molecule has 0 spiro atoms. The van der Waals surface area contributed by atoms with Crippen LogP contribution in [0.4, 0.5) is 0 Å². The fourth-order valence-corrected chi connectivity index (χ4v) is 3.54. The molecule has 30 heavy (non-hydrogen) atoms. The van der Waals surface area contributed by atoms with E-state index in [1.165, 1.54) is 22.6 Å². The van der Waals surface area contributed by atoms with Gasteiger partial charge in [0, 0.05) is 42.9 Å². The van der Waals surface area contributed by atoms with E-state index in [1.807, 2.05) is 18.2 Å². The van der Waals surface area contributed by atoms with Crippen LogP contribution in [0.5, 0.6) is 0 Å². The van der Waals surface area contributed by atoms with Crippen LogP contribution in [0.15, 0.2) is 60.8 Å². The molecule has 0 saturated carbocycles. The Labute approximate surface area is 176 Å². The number of fused-ring (bicyclic) bond motifs is 1. The van der Waals surface area contributed by atoms with Gasteiger partial charge in [-0.15, -0.1) is 0 Å². The summed E-state index contributed by atoms with van der Waals surface area (Å²) in [6.07, 6.45) is 7.77. The minimum Gasteiger partial charge on any atom is -0.396 e. The molecule has 158 valence electrons. The van der Waals surface area contributed by atoms with E-state index in [1.54, 1.807) is 11.6 Å². The fourth-order valence-electron chi connectivity index (χ4n) is 3.54. The first-order valence-electron chi connectivity index (χ1n) is 10.3. The minimum atomic E-state index is -0.550. The number of rotatable bonds is 11. The Balaban J connectivity index is 1.63. The number of aliphatic hydroxyl groups is 1. The van der Waals surface area contributed by atoms with Crippen molar-refractivity contribution < 1.29 is 15.1 Å². The highest BCUT2D eigenvalue weighted by Gasteiger charge is 2.09. The van der Waals surface area contributed by atoms with Gasteiger partial charge < -0.3 is 10.1 Å². The second-order valence-electron chi connectivity index (χ2n) is 7.37. The molecule has 0 fully saturated rings. The molecule has 3 rings (SSSR count). The van der Waals surface area contributed by atoms with E-state index in [9.17, 15) is 4.79 Å². The monoisotopic (exact) mass is 407 g/mol. The number of aliphatic hydroxyl groups excluding tert-OH is 1. The third kappa shape index (κ3) is 6.29. The Hall–Kier alpha value is -2.93. The van der Waals surface area contributed by atoms with Crippen molar-refractivity contribution in [2.75, 3.05) is 19.7 Å². The first-order chi connectivity index (χ1) is 14.7. The Morgan fingerprint density at radius 2 is 1.87 bits per heavy atom. The maximum atomic E-state index is 11.1. The van der Waals surface area contributed by atoms with Crippen molar-refractivity contribution in [3.63, 3.8) is 0 Å². The largest absolute Gasteiger partial charge is 0.396 e. The van der Waals surface area contributed by atoms with Gasteiger partial charge in [-0.05, 0) is 54.6 Å². The topological polar surface area (TPSA) is 88.6 Å². The number of hydrogen-bond acceptors (Lipinski definition) is 4. The van der Waals surface area contributed by atoms with Crippen LogP contribution in [0.1, 0.15) is 29.5 Å². The molecular formula is C24H29N3O3. The number of nitrogens with zero attached hydrogens (tertiary/aromatic N) is 1. The zero-order valence-corrected chi connectivity index (χ0v) is 17.1. The highest BCUT2D eigenvalue weighted by Crippen LogP contribution is 2.19. The number of amides is 1. The van der Waals surface area contributed by atoms with E-state index >= 15 is 0 Å². The standard InChI is InChI=1S/C24H29N3O3/c28-16-4-3-14-27(15-13-21-17-25-23-6-2-1-5-22(21)23)18-20-9-7-19(8-10-20)11-12-24(29)26-30/h1-2,5-12,17,25,28,30H,3-4,13-16,18H2,(H,26,29)/b12-11+. The van der Waals surface area contributed by atoms with Gasteiger partial charge >= 0.3 is 0 Å². The van der Waals surface area contributed by atoms with Crippen molar-refractivity contribution >= 4 is 22.9 Å². The molecule has 1 aromatic heterocycles. The molecule has 0 saturated heterocycles. The number of aromatic nitrogens is 1. The van der Waals surface area contributed by atoms with Gasteiger partial charge in [0.05, 0.1) is 0 Å². The summed E-state index contributed by atoms with van der Waals surface area (Å²) < 4.78 is 0. The van der Waals surface area contributed by atoms with Crippen molar-refractivity contribution in [1.29, 1.82) is 0 Å². The van der Waals surface area contributed by atoms with Crippen molar-refractivity contribution in [2.45, 2.75) is 25.8 Å². The maximum absolute atomic E-state index is 11.1. The third-order valence-corrected chi connectivity index (χ3v) is 5.18. The van der Waals surface area contributed by atoms with E-state index in [-0.39, 0.29) is 6.61 Å². The zero-order valence-electron chi connectivity index (χ0n) is 17.1. The number of para-hydroxylation sites is 1. The molecular weight excluding hydrogens is 378 g/mol. The second kappa shape index (κ2) is 11.3. The van der Waals surface area contributed by atoms with Crippen LogP contribution in [0.2, 0.25) is 0 Å². The van der Waals surface area contributed by atoms with Crippen LogP contribution in [0, 0.1) is 0 Å². The SMILES string of the molecule is O=C(/C=C/c1ccc(CN(CCCCO)CCc2c[nH]c3ccccc23)cc1)NO. The van der Waals surface area contributed by atoms with Gasteiger partial charge in [0.25, 0.3) is 5.91 Å². The molecule has 3 aromatic rings. The molecule has 4 N–H and O–H groups in total. The first kappa shape index (κ1) is 21.8. The third-order valence-electron chi connectivity index (χ3n) is 5.18. The van der Waals surface area contributed by atoms with E-state index in [2.05, 4.69) is 46.4 Å². The van der Waals surface area contributed by atoms with E-state index < -0.39 is 5.91 Å². The Kier molecular flexibility index (Phi) is 8.20. The lowest BCUT2D eigenvalue weighted by molar-refractivity contribution is -0.124. The van der Waals surface area contributed by atoms with Crippen molar-refractivity contribution in [2.24, 2.45) is 0 Å². The highest BCUT2D eigenvalue weighted by atomic mass is 16.5. The summed E-state index contributed by atoms with van der Waals surface area (Å²) in [7, 11) is 0. The molecule has 0 bridgehead atoms. The van der Waals surface area contributed by atoms with Crippen LogP contribution >= 0.6 is 0 Å². The number of H-pyrrole nitrogens is 1. The minimum absolute atomic E-state index is 0.221. The molecule has 0 aliphatic rings. The quantitative estimate of drug-likeness (QED) is 0.170. The molecule has 1 heterocycles. The Bertz CT molecular complexity index is 963. The fraction of sp³-hybridized carbons (Fsp3) is 0.292. The van der Waals surface area contributed by atoms with Crippen LogP contribution < -0.4 is 5.48 Å². The molecule has 0 unspecified atom stereocenters. The number of benzene rings is 2. The average Bonchev–Trinajstić information content (AvgIpc) is 3.20. The van der Waals surface area contributed by atoms with Gasteiger partial charge in [-0.1, -0.05) is 42.5 Å². The van der Waals surface area contributed by atoms with E-state index in [0.29, 0.717) is 0 Å². The number of hydrogen-bond donors (Lipinski definition) is 4. The predicted molar refractivity (Wildman–Crippen MR) is 119 cm³/mol. The molecule has 6 heteroatoms. The lowest BCUT2D eigenvalue weighted by Crippen LogP contribution is -2.27. The average molecular weight is 408 g/mol. The molecule has 6 nitrogen and oxygen atoms in total. The van der Waals surface area contributed by atoms with Gasteiger partial charge in [-0.3, -0.25) is 14.9 Å². The van der Waals surface area contributed by atoms with Crippen molar-refractivity contribution in [3.05, 3.63) is 77.5 Å². The van der Waals surface area contributed by atoms with Crippen LogP contribution in [0.3, 0.4) is 0 Å². The molecule has 1 amide bonds. The van der Waals surface area contributed by atoms with Crippen LogP contribution in [-0.4, -0.2) is 45.8 Å². The first-order valence-corrected chi connectivity index (χ1v) is 10.3. The lowest BCUT2D eigenvalue weighted by Gasteiger charge is -2.22. The van der Waals surface area contributed by atoms with Crippen LogP contribution in [0.25, 0.3) is 17.0 Å². The number of carbonyl (C=O) groups excluding carboxylic acids is 1. The van der Waals surface area contributed by atoms with E-state index in [4.69, 9.17) is 10.3 Å². The molecule has 2 aromatic carbocycles. The van der Waals surface area contributed by atoms with Gasteiger partial charge in [0.15, 0.2) is 0 Å². The highest BCUT2D eigenvalue weighted by molar-refractivity contribution is 5.90. The van der Waals surface area contributed by atoms with Gasteiger partial charge in [-0.25, -0.2) is 5.48 Å². The molecule has 0 aliphatic carbocycles. The van der Waals surface area contributed by atoms with Gasteiger partial charge in [-0.2, -0.15) is 0 Å². The summed E-state index contributed by atoms with van der Waals surface area (Å²) >= 11 is 0. The Morgan fingerprint density at radius 3 is 2.63 bits per heavy atom. The summed E-state index contributed by atoms with van der Waals surface area (Å²) in [6, 6.07) is 16.4. The van der Waals surface area contributed by atoms with Crippen molar-refractivity contribution in [3.8, 4) is 0 Å². The lowest BCUT2D eigenvalue weighted by atomic mass is 10.1. The second-order valence-corrected chi connectivity index (χ2v) is 7.37. The summed E-state index contributed by atoms with van der Waals surface area (Å²) in [4.78, 5) is 16.9. The predicted octanol–water partition coefficient (Wildman–Crippen LogP) is 3.50. The number of unbranched alkanes of at least 4 members (excludes halogenated alkanes) is 1. The number of nitrogens with one attached hydrogen (secondary N) is 2. The van der Waals surface area contributed by atoms with Gasteiger partial charge in [0.2, 0.25) is 0 Å². The number of hydroxylamine groups is 1. The van der Waals surface area contributed by atoms with Gasteiger partial charge in [0.1, 0.15) is 0 Å². The number of carbonyl (C=O) groups is 1. The van der Waals surface area contributed by atoms with Crippen molar-refractivity contribution in [1.82, 2.24) is 15.4 Å². The normalized spacial score (nSPS) is 11.6. The number of aromatic amines is 1. The molecule has 0 atom stereocenters. The summed E-state index contributed by atoms with van der Waals surface area (Å²) in [6.45, 7) is 2.92. The smallest absolute Gasteiger partial charge is 0.267 e. The zero-order chi connectivity index (χ0) is 21.2. The van der Waals surface area contributed by atoms with Crippen LogP contribution in [-0.2, 0) is 17.8 Å².